The summed E-state index contributed by atoms with van der Waals surface area (Å²) >= 11 is 3.45. The predicted octanol–water partition coefficient (Wildman–Crippen LogP) is 2.76. The summed E-state index contributed by atoms with van der Waals surface area (Å²) in [5.74, 6) is 1.61. The average molecular weight is 287 g/mol. The summed E-state index contributed by atoms with van der Waals surface area (Å²) in [6.07, 6.45) is 1.09. The molecule has 1 fully saturated rings. The number of benzene rings is 1. The van der Waals surface area contributed by atoms with Crippen LogP contribution in [0.2, 0.25) is 0 Å². The molecule has 1 atom stereocenters. The van der Waals surface area contributed by atoms with Gasteiger partial charge in [0.15, 0.2) is 11.5 Å². The van der Waals surface area contributed by atoms with E-state index >= 15 is 0 Å². The Balaban J connectivity index is 2.21. The van der Waals surface area contributed by atoms with Gasteiger partial charge in [-0.3, -0.25) is 0 Å². The van der Waals surface area contributed by atoms with Gasteiger partial charge in [0.1, 0.15) is 6.10 Å². The van der Waals surface area contributed by atoms with E-state index in [1.807, 2.05) is 18.2 Å². The first-order chi connectivity index (χ1) is 7.85. The molecule has 4 heteroatoms. The van der Waals surface area contributed by atoms with E-state index in [2.05, 4.69) is 15.9 Å². The van der Waals surface area contributed by atoms with Crippen LogP contribution in [-0.2, 0) is 10.1 Å². The van der Waals surface area contributed by atoms with Crippen molar-refractivity contribution in [1.82, 2.24) is 0 Å². The van der Waals surface area contributed by atoms with Crippen molar-refractivity contribution < 1.29 is 14.2 Å². The first kappa shape index (κ1) is 11.7. The maximum Gasteiger partial charge on any atom is 0.165 e. The lowest BCUT2D eigenvalue weighted by molar-refractivity contribution is 0.138. The van der Waals surface area contributed by atoms with Gasteiger partial charge in [0.05, 0.1) is 20.3 Å². The molecule has 2 rings (SSSR count). The van der Waals surface area contributed by atoms with Crippen molar-refractivity contribution in [2.75, 3.05) is 20.3 Å². The number of methoxy groups -OCH3 is 1. The minimum Gasteiger partial charge on any atom is -0.493 e. The summed E-state index contributed by atoms with van der Waals surface area (Å²) in [7, 11) is 1.66. The minimum absolute atomic E-state index is 0.147. The predicted molar refractivity (Wildman–Crippen MR) is 65.5 cm³/mol. The van der Waals surface area contributed by atoms with Crippen LogP contribution in [-0.4, -0.2) is 26.4 Å². The normalized spacial score (nSPS) is 19.8. The lowest BCUT2D eigenvalue weighted by Crippen LogP contribution is -2.17. The third kappa shape index (κ3) is 2.50. The second-order valence-corrected chi connectivity index (χ2v) is 4.25. The van der Waals surface area contributed by atoms with Crippen LogP contribution in [0, 0.1) is 0 Å². The molecular weight excluding hydrogens is 272 g/mol. The number of rotatable bonds is 4. The fraction of sp³-hybridized carbons (Fsp3) is 0.500. The number of alkyl halides is 1. The minimum atomic E-state index is 0.147. The Bertz CT molecular complexity index is 326. The van der Waals surface area contributed by atoms with E-state index in [0.29, 0.717) is 6.61 Å². The van der Waals surface area contributed by atoms with Gasteiger partial charge in [-0.2, -0.15) is 0 Å². The van der Waals surface area contributed by atoms with E-state index in [1.54, 1.807) is 7.11 Å². The molecule has 0 spiro atoms. The van der Waals surface area contributed by atoms with E-state index in [4.69, 9.17) is 14.2 Å². The topological polar surface area (TPSA) is 27.7 Å². The summed E-state index contributed by atoms with van der Waals surface area (Å²) in [5, 5.41) is 0.757. The number of hydrogen-bond donors (Lipinski definition) is 0. The van der Waals surface area contributed by atoms with Gasteiger partial charge >= 0.3 is 0 Å². The van der Waals surface area contributed by atoms with E-state index in [1.165, 1.54) is 0 Å². The number of para-hydroxylation sites is 1. The standard InChI is InChI=1S/C12H15BrO3/c1-14-11-4-2-3-9(7-13)12(11)16-10-5-6-15-8-10/h2-4,10H,5-8H2,1H3. The Labute approximate surface area is 104 Å². The van der Waals surface area contributed by atoms with Crippen molar-refractivity contribution in [2.45, 2.75) is 17.9 Å². The van der Waals surface area contributed by atoms with Gasteiger partial charge in [-0.25, -0.2) is 0 Å². The molecule has 0 aliphatic carbocycles. The van der Waals surface area contributed by atoms with Crippen molar-refractivity contribution >= 4 is 15.9 Å². The SMILES string of the molecule is COc1cccc(CBr)c1OC1CCOC1. The Morgan fingerprint density at radius 1 is 1.50 bits per heavy atom. The maximum atomic E-state index is 5.94. The quantitative estimate of drug-likeness (QED) is 0.797. The van der Waals surface area contributed by atoms with Crippen LogP contribution in [0.25, 0.3) is 0 Å². The van der Waals surface area contributed by atoms with Gasteiger partial charge in [-0.15, -0.1) is 0 Å². The van der Waals surface area contributed by atoms with Gasteiger partial charge in [0, 0.05) is 17.3 Å². The molecule has 16 heavy (non-hydrogen) atoms. The molecule has 1 unspecified atom stereocenters. The largest absolute Gasteiger partial charge is 0.493 e. The summed E-state index contributed by atoms with van der Waals surface area (Å²) in [5.41, 5.74) is 1.10. The molecule has 0 amide bonds. The smallest absolute Gasteiger partial charge is 0.165 e. The van der Waals surface area contributed by atoms with Crippen molar-refractivity contribution in [1.29, 1.82) is 0 Å². The summed E-state index contributed by atoms with van der Waals surface area (Å²) in [4.78, 5) is 0. The average Bonchev–Trinajstić information content (AvgIpc) is 2.82. The molecule has 0 N–H and O–H groups in total. The molecule has 0 bridgehead atoms. The third-order valence-electron chi connectivity index (χ3n) is 2.60. The molecular formula is C12H15BrO3. The molecule has 0 aromatic heterocycles. The Morgan fingerprint density at radius 3 is 3.00 bits per heavy atom. The monoisotopic (exact) mass is 286 g/mol. The molecule has 1 aliphatic heterocycles. The Kier molecular flexibility index (Phi) is 4.07. The van der Waals surface area contributed by atoms with Gasteiger partial charge in [-0.1, -0.05) is 28.1 Å². The molecule has 1 aromatic carbocycles. The highest BCUT2D eigenvalue weighted by Gasteiger charge is 2.20. The van der Waals surface area contributed by atoms with Crippen molar-refractivity contribution in [3.05, 3.63) is 23.8 Å². The number of hydrogen-bond acceptors (Lipinski definition) is 3. The van der Waals surface area contributed by atoms with E-state index < -0.39 is 0 Å². The van der Waals surface area contributed by atoms with Gasteiger partial charge in [-0.05, 0) is 6.07 Å². The van der Waals surface area contributed by atoms with Crippen LogP contribution in [0.5, 0.6) is 11.5 Å². The molecule has 0 radical (unpaired) electrons. The van der Waals surface area contributed by atoms with E-state index in [0.717, 1.165) is 35.4 Å². The lowest BCUT2D eigenvalue weighted by Gasteiger charge is -2.17. The van der Waals surface area contributed by atoms with Gasteiger partial charge in [0.25, 0.3) is 0 Å². The highest BCUT2D eigenvalue weighted by Crippen LogP contribution is 2.34. The Morgan fingerprint density at radius 2 is 2.38 bits per heavy atom. The maximum absolute atomic E-state index is 5.94. The first-order valence-electron chi connectivity index (χ1n) is 5.31. The lowest BCUT2D eigenvalue weighted by atomic mass is 10.2. The van der Waals surface area contributed by atoms with Crippen molar-refractivity contribution in [2.24, 2.45) is 0 Å². The summed E-state index contributed by atoms with van der Waals surface area (Å²) in [6.45, 7) is 1.45. The van der Waals surface area contributed by atoms with Crippen LogP contribution < -0.4 is 9.47 Å². The number of halogens is 1. The van der Waals surface area contributed by atoms with Crippen LogP contribution in [0.3, 0.4) is 0 Å². The Hall–Kier alpha value is -0.740. The van der Waals surface area contributed by atoms with Crippen LogP contribution in [0.15, 0.2) is 18.2 Å². The molecule has 88 valence electrons. The van der Waals surface area contributed by atoms with Gasteiger partial charge < -0.3 is 14.2 Å². The molecule has 1 aromatic rings. The van der Waals surface area contributed by atoms with Crippen molar-refractivity contribution in [3.63, 3.8) is 0 Å². The highest BCUT2D eigenvalue weighted by molar-refractivity contribution is 9.08. The molecule has 1 saturated heterocycles. The fourth-order valence-electron chi connectivity index (χ4n) is 1.73. The molecule has 1 aliphatic rings. The second kappa shape index (κ2) is 5.55. The van der Waals surface area contributed by atoms with Crippen LogP contribution in [0.1, 0.15) is 12.0 Å². The van der Waals surface area contributed by atoms with E-state index in [9.17, 15) is 0 Å². The summed E-state index contributed by atoms with van der Waals surface area (Å²) in [6, 6.07) is 5.91. The second-order valence-electron chi connectivity index (χ2n) is 3.69. The zero-order valence-electron chi connectivity index (χ0n) is 9.24. The number of ether oxygens (including phenoxy) is 3. The van der Waals surface area contributed by atoms with E-state index in [-0.39, 0.29) is 6.10 Å². The third-order valence-corrected chi connectivity index (χ3v) is 3.20. The zero-order chi connectivity index (χ0) is 11.4. The summed E-state index contributed by atoms with van der Waals surface area (Å²) < 4.78 is 16.5. The zero-order valence-corrected chi connectivity index (χ0v) is 10.8. The van der Waals surface area contributed by atoms with Crippen molar-refractivity contribution in [3.8, 4) is 11.5 Å². The molecule has 0 saturated carbocycles. The molecule has 3 nitrogen and oxygen atoms in total. The highest BCUT2D eigenvalue weighted by atomic mass is 79.9. The van der Waals surface area contributed by atoms with Crippen LogP contribution in [0.4, 0.5) is 0 Å². The molecule has 1 heterocycles. The van der Waals surface area contributed by atoms with Crippen LogP contribution >= 0.6 is 15.9 Å². The fourth-order valence-corrected chi connectivity index (χ4v) is 2.18. The first-order valence-corrected chi connectivity index (χ1v) is 6.43. The van der Waals surface area contributed by atoms with Gasteiger partial charge in [0.2, 0.25) is 0 Å².